The summed E-state index contributed by atoms with van der Waals surface area (Å²) in [6.07, 6.45) is 3.60. The predicted molar refractivity (Wildman–Crippen MR) is 273 cm³/mol. The molecule has 0 aliphatic heterocycles. The molecule has 6 nitrogen and oxygen atoms in total. The van der Waals surface area contributed by atoms with Gasteiger partial charge < -0.3 is 18.3 Å². The van der Waals surface area contributed by atoms with E-state index in [0.717, 1.165) is 77.5 Å². The second kappa shape index (κ2) is 13.9. The van der Waals surface area contributed by atoms with Gasteiger partial charge in [0, 0.05) is 66.9 Å². The van der Waals surface area contributed by atoms with E-state index in [1.165, 1.54) is 43.6 Å². The first-order valence-corrected chi connectivity index (χ1v) is 22.2. The van der Waals surface area contributed by atoms with E-state index < -0.39 is 0 Å². The third-order valence-corrected chi connectivity index (χ3v) is 13.7. The van der Waals surface area contributed by atoms with Gasteiger partial charge in [-0.3, -0.25) is 4.98 Å². The third-order valence-electron chi connectivity index (χ3n) is 13.7. The van der Waals surface area contributed by atoms with E-state index >= 15 is 0 Å². The number of hydrogen-bond donors (Lipinski definition) is 0. The van der Waals surface area contributed by atoms with E-state index in [2.05, 4.69) is 222 Å². The third kappa shape index (κ3) is 5.08. The molecule has 9 aromatic carbocycles. The van der Waals surface area contributed by atoms with Crippen LogP contribution in [0.15, 0.2) is 219 Å². The lowest BCUT2D eigenvalue weighted by Crippen LogP contribution is -2.04. The van der Waals surface area contributed by atoms with Gasteiger partial charge in [0.25, 0.3) is 0 Å². The SMILES string of the molecule is [C-]#[N+]c1cc(-n2c3ccccc3c3cc(-n4c5ccccc5c5ccccc54)ccc32)c(-n2c3ccccc3c3cc(-n4c5ccccc5c5ccccc54)ccc32)cc1-c1ccncc1. The largest absolute Gasteiger partial charge is 0.309 e. The van der Waals surface area contributed by atoms with Crippen LogP contribution in [0.4, 0.5) is 5.69 Å². The van der Waals surface area contributed by atoms with Gasteiger partial charge >= 0.3 is 0 Å². The molecule has 6 heteroatoms. The summed E-state index contributed by atoms with van der Waals surface area (Å²) in [5.74, 6) is 0. The molecule has 66 heavy (non-hydrogen) atoms. The monoisotopic (exact) mass is 840 g/mol. The van der Waals surface area contributed by atoms with Crippen molar-refractivity contribution in [1.29, 1.82) is 0 Å². The standard InChI is InChI=1S/C60H36N6/c1-61-50-37-60(66-56-25-13-7-19-46(56)49-35-40(27-29-58(49)66)64-53-22-10-4-16-43(53)44-17-5-11-23-54(44)64)59(36-47(50)38-30-32-62-33-31-38)65-55-24-12-6-18-45(55)48-34-39(26-28-57(48)65)63-51-20-8-2-14-41(51)42-15-3-9-21-52(42)63/h2-37H. The number of pyridine rings is 1. The fraction of sp³-hybridized carbons (Fsp3) is 0. The van der Waals surface area contributed by atoms with Crippen LogP contribution in [-0.4, -0.2) is 23.3 Å². The van der Waals surface area contributed by atoms with Gasteiger partial charge in [-0.15, -0.1) is 0 Å². The van der Waals surface area contributed by atoms with Crippen molar-refractivity contribution in [1.82, 2.24) is 23.3 Å². The first kappa shape index (κ1) is 36.3. The molecule has 0 amide bonds. The van der Waals surface area contributed by atoms with Gasteiger partial charge in [-0.25, -0.2) is 4.85 Å². The van der Waals surface area contributed by atoms with Crippen LogP contribution < -0.4 is 0 Å². The van der Waals surface area contributed by atoms with Crippen LogP contribution in [0, 0.1) is 6.57 Å². The zero-order valence-corrected chi connectivity index (χ0v) is 35.5. The number of rotatable bonds is 5. The van der Waals surface area contributed by atoms with E-state index in [-0.39, 0.29) is 0 Å². The lowest BCUT2D eigenvalue weighted by Gasteiger charge is -2.20. The van der Waals surface area contributed by atoms with Crippen LogP contribution in [0.25, 0.3) is 126 Å². The summed E-state index contributed by atoms with van der Waals surface area (Å²) in [7, 11) is 0. The van der Waals surface area contributed by atoms with Crippen molar-refractivity contribution in [2.45, 2.75) is 0 Å². The van der Waals surface area contributed by atoms with Crippen molar-refractivity contribution in [3.05, 3.63) is 230 Å². The average molecular weight is 841 g/mol. The molecule has 14 aromatic rings. The maximum atomic E-state index is 8.62. The van der Waals surface area contributed by atoms with Gasteiger partial charge in [-0.05, 0) is 108 Å². The maximum absolute atomic E-state index is 8.62. The van der Waals surface area contributed by atoms with E-state index in [0.29, 0.717) is 5.69 Å². The molecule has 0 atom stereocenters. The lowest BCUT2D eigenvalue weighted by molar-refractivity contribution is 1.09. The van der Waals surface area contributed by atoms with Gasteiger partial charge in [0.05, 0.1) is 62.1 Å². The lowest BCUT2D eigenvalue weighted by atomic mass is 10.0. The molecule has 5 aromatic heterocycles. The summed E-state index contributed by atoms with van der Waals surface area (Å²) < 4.78 is 9.54. The Morgan fingerprint density at radius 3 is 1.05 bits per heavy atom. The molecule has 0 unspecified atom stereocenters. The average Bonchev–Trinajstić information content (AvgIpc) is 4.11. The molecule has 0 aliphatic rings. The molecule has 0 bridgehead atoms. The Morgan fingerprint density at radius 2 is 0.652 bits per heavy atom. The first-order chi connectivity index (χ1) is 32.7. The van der Waals surface area contributed by atoms with Crippen LogP contribution in [0.3, 0.4) is 0 Å². The highest BCUT2D eigenvalue weighted by Gasteiger charge is 2.24. The quantitative estimate of drug-likeness (QED) is 0.159. The van der Waals surface area contributed by atoms with Crippen LogP contribution in [-0.2, 0) is 0 Å². The fourth-order valence-corrected chi connectivity index (χ4v) is 10.9. The van der Waals surface area contributed by atoms with Crippen LogP contribution in [0.1, 0.15) is 0 Å². The fourth-order valence-electron chi connectivity index (χ4n) is 10.9. The first-order valence-electron chi connectivity index (χ1n) is 22.2. The zero-order chi connectivity index (χ0) is 43.5. The number of benzene rings is 9. The van der Waals surface area contributed by atoms with Crippen molar-refractivity contribution in [2.75, 3.05) is 0 Å². The van der Waals surface area contributed by atoms with E-state index in [1.54, 1.807) is 12.4 Å². The van der Waals surface area contributed by atoms with Crippen molar-refractivity contribution < 1.29 is 0 Å². The number of fused-ring (bicyclic) bond motifs is 12. The Kier molecular flexibility index (Phi) is 7.65. The minimum atomic E-state index is 0.571. The van der Waals surface area contributed by atoms with Crippen molar-refractivity contribution in [3.8, 4) is 33.9 Å². The smallest absolute Gasteiger partial charge is 0.197 e. The Labute approximate surface area is 378 Å². The minimum absolute atomic E-state index is 0.571. The second-order valence-corrected chi connectivity index (χ2v) is 17.1. The number of para-hydroxylation sites is 6. The van der Waals surface area contributed by atoms with Gasteiger partial charge in [-0.1, -0.05) is 109 Å². The Hall–Kier alpha value is -9.18. The number of nitrogens with zero attached hydrogens (tertiary/aromatic N) is 6. The van der Waals surface area contributed by atoms with Crippen molar-refractivity contribution in [2.24, 2.45) is 0 Å². The highest BCUT2D eigenvalue weighted by atomic mass is 15.1. The van der Waals surface area contributed by atoms with Gasteiger partial charge in [-0.2, -0.15) is 0 Å². The Morgan fingerprint density at radius 1 is 0.318 bits per heavy atom. The summed E-state index contributed by atoms with van der Waals surface area (Å²) in [5.41, 5.74) is 15.4. The molecular formula is C60H36N6. The molecule has 0 N–H and O–H groups in total. The van der Waals surface area contributed by atoms with Crippen LogP contribution in [0.5, 0.6) is 0 Å². The van der Waals surface area contributed by atoms with E-state index in [9.17, 15) is 0 Å². The second-order valence-electron chi connectivity index (χ2n) is 17.1. The van der Waals surface area contributed by atoms with Gasteiger partial charge in [0.15, 0.2) is 5.69 Å². The van der Waals surface area contributed by atoms with E-state index in [1.807, 2.05) is 12.1 Å². The molecule has 14 rings (SSSR count). The molecular weight excluding hydrogens is 805 g/mol. The highest BCUT2D eigenvalue weighted by Crippen LogP contribution is 2.45. The Bertz CT molecular complexity index is 4260. The highest BCUT2D eigenvalue weighted by molar-refractivity contribution is 6.15. The summed E-state index contributed by atoms with van der Waals surface area (Å²) >= 11 is 0. The van der Waals surface area contributed by atoms with Crippen molar-refractivity contribution in [3.63, 3.8) is 0 Å². The van der Waals surface area contributed by atoms with Crippen LogP contribution in [0.2, 0.25) is 0 Å². The summed E-state index contributed by atoms with van der Waals surface area (Å²) in [6, 6.07) is 74.1. The molecule has 0 saturated carbocycles. The molecule has 0 radical (unpaired) electrons. The van der Waals surface area contributed by atoms with Gasteiger partial charge in [0.2, 0.25) is 0 Å². The summed E-state index contributed by atoms with van der Waals surface area (Å²) in [5, 5.41) is 9.50. The van der Waals surface area contributed by atoms with E-state index in [4.69, 9.17) is 6.57 Å². The molecule has 5 heterocycles. The predicted octanol–water partition coefficient (Wildman–Crippen LogP) is 15.7. The Balaban J connectivity index is 1.07. The van der Waals surface area contributed by atoms with Gasteiger partial charge in [0.1, 0.15) is 0 Å². The maximum Gasteiger partial charge on any atom is 0.197 e. The molecule has 306 valence electrons. The molecule has 0 fully saturated rings. The normalized spacial score (nSPS) is 11.9. The minimum Gasteiger partial charge on any atom is -0.309 e. The zero-order valence-electron chi connectivity index (χ0n) is 35.5. The summed E-state index contributed by atoms with van der Waals surface area (Å²) in [6.45, 7) is 8.62. The number of aromatic nitrogens is 5. The molecule has 0 spiro atoms. The summed E-state index contributed by atoms with van der Waals surface area (Å²) in [4.78, 5) is 8.56. The van der Waals surface area contributed by atoms with Crippen molar-refractivity contribution >= 4 is 92.9 Å². The molecule has 0 aliphatic carbocycles. The van der Waals surface area contributed by atoms with Crippen LogP contribution >= 0.6 is 0 Å². The molecule has 0 saturated heterocycles. The topological polar surface area (TPSA) is 37.0 Å². The number of hydrogen-bond acceptors (Lipinski definition) is 1.